The molecule has 1 amide bonds. The molecule has 6 nitrogen and oxygen atoms in total. The number of carboxylic acids is 1. The van der Waals surface area contributed by atoms with Crippen LogP contribution in [0.3, 0.4) is 0 Å². The van der Waals surface area contributed by atoms with Gasteiger partial charge in [0, 0.05) is 25.6 Å². The molecule has 34 heavy (non-hydrogen) atoms. The van der Waals surface area contributed by atoms with Crippen molar-refractivity contribution in [2.75, 3.05) is 13.7 Å². The van der Waals surface area contributed by atoms with Crippen molar-refractivity contribution < 1.29 is 32.6 Å². The zero-order valence-corrected chi connectivity index (χ0v) is 18.1. The summed E-state index contributed by atoms with van der Waals surface area (Å²) in [6.45, 7) is 0.0192. The molecule has 1 aliphatic carbocycles. The summed E-state index contributed by atoms with van der Waals surface area (Å²) in [7, 11) is 1.29. The van der Waals surface area contributed by atoms with Crippen molar-refractivity contribution >= 4 is 12.1 Å². The number of halogens is 3. The first-order valence-corrected chi connectivity index (χ1v) is 10.5. The second kappa shape index (κ2) is 9.17. The number of alkyl halides is 3. The summed E-state index contributed by atoms with van der Waals surface area (Å²) in [5.41, 5.74) is 3.33. The van der Waals surface area contributed by atoms with Gasteiger partial charge in [-0.3, -0.25) is 9.88 Å². The summed E-state index contributed by atoms with van der Waals surface area (Å²) in [5, 5.41) is 9.63. The summed E-state index contributed by atoms with van der Waals surface area (Å²) >= 11 is 0. The van der Waals surface area contributed by atoms with Gasteiger partial charge < -0.3 is 9.84 Å². The molecule has 0 unspecified atom stereocenters. The van der Waals surface area contributed by atoms with Crippen LogP contribution in [0.4, 0.5) is 18.0 Å². The van der Waals surface area contributed by atoms with Crippen LogP contribution in [0.15, 0.2) is 66.9 Å². The van der Waals surface area contributed by atoms with E-state index in [9.17, 15) is 27.9 Å². The molecule has 1 N–H and O–H groups in total. The fourth-order valence-corrected chi connectivity index (χ4v) is 4.15. The van der Waals surface area contributed by atoms with Crippen molar-refractivity contribution in [3.63, 3.8) is 0 Å². The average Bonchev–Trinajstić information content (AvgIpc) is 3.14. The van der Waals surface area contributed by atoms with Crippen LogP contribution >= 0.6 is 0 Å². The molecule has 0 bridgehead atoms. The zero-order chi connectivity index (χ0) is 24.5. The summed E-state index contributed by atoms with van der Waals surface area (Å²) in [6.07, 6.45) is -4.69. The van der Waals surface area contributed by atoms with E-state index < -0.39 is 30.0 Å². The normalized spacial score (nSPS) is 13.6. The number of fused-ring (bicyclic) bond motifs is 3. The molecular weight excluding hydrogens is 449 g/mol. The Kier molecular flexibility index (Phi) is 6.28. The number of amides is 1. The Hall–Kier alpha value is -3.88. The van der Waals surface area contributed by atoms with Gasteiger partial charge in [0.25, 0.3) is 0 Å². The van der Waals surface area contributed by atoms with Crippen LogP contribution in [0.25, 0.3) is 11.1 Å². The fourth-order valence-electron chi connectivity index (χ4n) is 4.15. The first-order valence-electron chi connectivity index (χ1n) is 10.5. The standard InChI is InChI=1S/C25H21F3N2O4/c1-30(21(23(31)32)12-15-10-11-22(29-13-15)25(26,27)28)24(33)34-14-20-18-8-4-2-6-16(18)17-7-3-5-9-19(17)20/h2-11,13,20-21H,12,14H2,1H3,(H,31,32)/t21-/m0/s1. The molecule has 1 atom stereocenters. The number of aromatic nitrogens is 1. The van der Waals surface area contributed by atoms with Crippen LogP contribution < -0.4 is 0 Å². The Bertz CT molecular complexity index is 1170. The predicted molar refractivity (Wildman–Crippen MR) is 117 cm³/mol. The van der Waals surface area contributed by atoms with E-state index in [1.165, 1.54) is 7.05 Å². The van der Waals surface area contributed by atoms with Gasteiger partial charge in [0.1, 0.15) is 18.3 Å². The number of rotatable bonds is 6. The molecule has 2 aromatic carbocycles. The Morgan fingerprint density at radius 3 is 2.12 bits per heavy atom. The molecule has 4 rings (SSSR count). The second-order valence-electron chi connectivity index (χ2n) is 8.02. The number of hydrogen-bond donors (Lipinski definition) is 1. The molecule has 3 aromatic rings. The number of hydrogen-bond acceptors (Lipinski definition) is 4. The van der Waals surface area contributed by atoms with Gasteiger partial charge in [0.15, 0.2) is 0 Å². The zero-order valence-electron chi connectivity index (χ0n) is 18.1. The largest absolute Gasteiger partial charge is 0.480 e. The average molecular weight is 470 g/mol. The van der Waals surface area contributed by atoms with E-state index in [0.29, 0.717) is 0 Å². The van der Waals surface area contributed by atoms with Gasteiger partial charge in [-0.2, -0.15) is 13.2 Å². The number of pyridine rings is 1. The molecule has 0 saturated heterocycles. The van der Waals surface area contributed by atoms with Crippen LogP contribution in [-0.4, -0.2) is 46.7 Å². The van der Waals surface area contributed by atoms with Gasteiger partial charge in [-0.05, 0) is 33.9 Å². The molecule has 0 aliphatic heterocycles. The highest BCUT2D eigenvalue weighted by Crippen LogP contribution is 2.44. The lowest BCUT2D eigenvalue weighted by atomic mass is 9.98. The minimum atomic E-state index is -4.59. The van der Waals surface area contributed by atoms with Crippen molar-refractivity contribution in [3.05, 3.63) is 89.2 Å². The van der Waals surface area contributed by atoms with Gasteiger partial charge in [-0.1, -0.05) is 54.6 Å². The van der Waals surface area contributed by atoms with Crippen LogP contribution in [0.1, 0.15) is 28.3 Å². The third-order valence-electron chi connectivity index (χ3n) is 5.92. The number of carbonyl (C=O) groups is 2. The number of benzene rings is 2. The van der Waals surface area contributed by atoms with Crippen molar-refractivity contribution in [2.45, 2.75) is 24.6 Å². The van der Waals surface area contributed by atoms with Gasteiger partial charge in [0.05, 0.1) is 0 Å². The number of ether oxygens (including phenoxy) is 1. The Morgan fingerprint density at radius 1 is 1.03 bits per heavy atom. The van der Waals surface area contributed by atoms with E-state index in [1.807, 2.05) is 48.5 Å². The summed E-state index contributed by atoms with van der Waals surface area (Å²) < 4.78 is 43.6. The number of carboxylic acid groups (broad SMARTS) is 1. The lowest BCUT2D eigenvalue weighted by Crippen LogP contribution is -2.44. The quantitative estimate of drug-likeness (QED) is 0.550. The minimum Gasteiger partial charge on any atom is -0.480 e. The highest BCUT2D eigenvalue weighted by atomic mass is 19.4. The third-order valence-corrected chi connectivity index (χ3v) is 5.92. The van der Waals surface area contributed by atoms with E-state index in [0.717, 1.165) is 45.5 Å². The number of nitrogens with zero attached hydrogens (tertiary/aromatic N) is 2. The monoisotopic (exact) mass is 470 g/mol. The van der Waals surface area contributed by atoms with E-state index in [4.69, 9.17) is 4.74 Å². The topological polar surface area (TPSA) is 79.7 Å². The molecule has 0 spiro atoms. The molecule has 0 fully saturated rings. The van der Waals surface area contributed by atoms with Crippen molar-refractivity contribution in [1.82, 2.24) is 9.88 Å². The predicted octanol–water partition coefficient (Wildman–Crippen LogP) is 4.98. The van der Waals surface area contributed by atoms with Gasteiger partial charge in [-0.25, -0.2) is 9.59 Å². The number of aliphatic carboxylic acids is 1. The molecule has 1 aliphatic rings. The van der Waals surface area contributed by atoms with Crippen LogP contribution in [0, 0.1) is 0 Å². The highest BCUT2D eigenvalue weighted by molar-refractivity contribution is 5.81. The molecule has 1 aromatic heterocycles. The molecule has 1 heterocycles. The molecular formula is C25H21F3N2O4. The lowest BCUT2D eigenvalue weighted by molar-refractivity contribution is -0.143. The molecule has 0 radical (unpaired) electrons. The second-order valence-corrected chi connectivity index (χ2v) is 8.02. The maximum absolute atomic E-state index is 12.7. The van der Waals surface area contributed by atoms with Crippen LogP contribution in [0.2, 0.25) is 0 Å². The van der Waals surface area contributed by atoms with Crippen molar-refractivity contribution in [1.29, 1.82) is 0 Å². The smallest absolute Gasteiger partial charge is 0.433 e. The van der Waals surface area contributed by atoms with Gasteiger partial charge in [-0.15, -0.1) is 0 Å². The van der Waals surface area contributed by atoms with E-state index >= 15 is 0 Å². The maximum atomic E-state index is 12.7. The lowest BCUT2D eigenvalue weighted by Gasteiger charge is -2.25. The first kappa shape index (κ1) is 23.3. The Labute approximate surface area is 193 Å². The Morgan fingerprint density at radius 2 is 1.62 bits per heavy atom. The highest BCUT2D eigenvalue weighted by Gasteiger charge is 2.34. The number of likely N-dealkylation sites (N-methyl/N-ethyl adjacent to an activating group) is 1. The van der Waals surface area contributed by atoms with Crippen LogP contribution in [-0.2, 0) is 22.1 Å². The Balaban J connectivity index is 1.45. The van der Waals surface area contributed by atoms with Gasteiger partial charge >= 0.3 is 18.2 Å². The SMILES string of the molecule is CN(C(=O)OCC1c2ccccc2-c2ccccc21)[C@@H](Cc1ccc(C(F)(F)F)nc1)C(=O)O. The molecule has 0 saturated carbocycles. The fraction of sp³-hybridized carbons (Fsp3) is 0.240. The maximum Gasteiger partial charge on any atom is 0.433 e. The van der Waals surface area contributed by atoms with Crippen LogP contribution in [0.5, 0.6) is 0 Å². The molecule has 9 heteroatoms. The molecule has 176 valence electrons. The number of carbonyl (C=O) groups excluding carboxylic acids is 1. The summed E-state index contributed by atoms with van der Waals surface area (Å²) in [6, 6.07) is 16.2. The van der Waals surface area contributed by atoms with E-state index in [-0.39, 0.29) is 24.5 Å². The van der Waals surface area contributed by atoms with E-state index in [1.54, 1.807) is 0 Å². The van der Waals surface area contributed by atoms with E-state index in [2.05, 4.69) is 4.98 Å². The summed E-state index contributed by atoms with van der Waals surface area (Å²) in [5.74, 6) is -1.50. The third kappa shape index (κ3) is 4.59. The minimum absolute atomic E-state index is 0.0192. The van der Waals surface area contributed by atoms with Crippen molar-refractivity contribution in [2.24, 2.45) is 0 Å². The first-order chi connectivity index (χ1) is 16.2. The summed E-state index contributed by atoms with van der Waals surface area (Å²) in [4.78, 5) is 28.8. The van der Waals surface area contributed by atoms with Crippen molar-refractivity contribution in [3.8, 4) is 11.1 Å². The van der Waals surface area contributed by atoms with Gasteiger partial charge in [0.2, 0.25) is 0 Å².